The molecule has 2 rings (SSSR count). The minimum Gasteiger partial charge on any atom is -0.357 e. The van der Waals surface area contributed by atoms with Gasteiger partial charge in [0.2, 0.25) is 0 Å². The van der Waals surface area contributed by atoms with E-state index >= 15 is 0 Å². The first-order valence-electron chi connectivity index (χ1n) is 7.87. The summed E-state index contributed by atoms with van der Waals surface area (Å²) in [6.07, 6.45) is 1.87. The van der Waals surface area contributed by atoms with Crippen molar-refractivity contribution in [2.24, 2.45) is 4.99 Å². The monoisotopic (exact) mass is 473 g/mol. The first kappa shape index (κ1) is 21.4. The Morgan fingerprint density at radius 1 is 1.24 bits per heavy atom. The molecule has 3 N–H and O–H groups in total. The molecule has 1 aromatic carbocycles. The number of rotatable bonds is 6. The number of benzene rings is 1. The van der Waals surface area contributed by atoms with Gasteiger partial charge in [0.1, 0.15) is 5.01 Å². The standard InChI is InChI=1S/C17H23N5OS.HI/c1-4-19-17(22-11-15-20-9-12(2)24-15)21-10-13-5-7-14(8-6-13)16(23)18-3;/h5-9H,4,10-11H2,1-3H3,(H,18,23)(H2,19,21,22);1H. The van der Waals surface area contributed by atoms with E-state index < -0.39 is 0 Å². The van der Waals surface area contributed by atoms with Crippen molar-refractivity contribution in [1.82, 2.24) is 20.9 Å². The molecule has 2 aromatic rings. The number of hydrogen-bond donors (Lipinski definition) is 3. The van der Waals surface area contributed by atoms with Gasteiger partial charge >= 0.3 is 0 Å². The van der Waals surface area contributed by atoms with Crippen LogP contribution in [0.25, 0.3) is 0 Å². The molecule has 0 radical (unpaired) electrons. The molecule has 8 heteroatoms. The van der Waals surface area contributed by atoms with E-state index in [4.69, 9.17) is 0 Å². The summed E-state index contributed by atoms with van der Waals surface area (Å²) < 4.78 is 0. The van der Waals surface area contributed by atoms with Crippen LogP contribution in [0.15, 0.2) is 35.5 Å². The van der Waals surface area contributed by atoms with Gasteiger partial charge in [-0.25, -0.2) is 9.98 Å². The van der Waals surface area contributed by atoms with Gasteiger partial charge in [0.15, 0.2) is 5.96 Å². The Hall–Kier alpha value is -1.68. The van der Waals surface area contributed by atoms with Crippen LogP contribution in [0.2, 0.25) is 0 Å². The zero-order valence-electron chi connectivity index (χ0n) is 14.6. The predicted octanol–water partition coefficient (Wildman–Crippen LogP) is 2.68. The van der Waals surface area contributed by atoms with Crippen LogP contribution < -0.4 is 16.0 Å². The number of amides is 1. The van der Waals surface area contributed by atoms with Gasteiger partial charge in [-0.05, 0) is 31.5 Å². The van der Waals surface area contributed by atoms with Crippen molar-refractivity contribution >= 4 is 47.2 Å². The number of carbonyl (C=O) groups is 1. The number of halogens is 1. The quantitative estimate of drug-likeness (QED) is 0.343. The van der Waals surface area contributed by atoms with E-state index in [0.29, 0.717) is 18.7 Å². The summed E-state index contributed by atoms with van der Waals surface area (Å²) in [6, 6.07) is 7.45. The molecule has 0 bridgehead atoms. The molecule has 0 aliphatic heterocycles. The zero-order valence-corrected chi connectivity index (χ0v) is 17.8. The van der Waals surface area contributed by atoms with E-state index in [-0.39, 0.29) is 29.9 Å². The lowest BCUT2D eigenvalue weighted by Gasteiger charge is -2.10. The molecule has 25 heavy (non-hydrogen) atoms. The molecule has 0 saturated heterocycles. The van der Waals surface area contributed by atoms with Gasteiger partial charge in [-0.15, -0.1) is 35.3 Å². The molecule has 0 atom stereocenters. The van der Waals surface area contributed by atoms with E-state index in [1.807, 2.05) is 44.3 Å². The van der Waals surface area contributed by atoms with Gasteiger partial charge in [-0.1, -0.05) is 12.1 Å². The summed E-state index contributed by atoms with van der Waals surface area (Å²) in [5.41, 5.74) is 1.69. The Morgan fingerprint density at radius 3 is 2.52 bits per heavy atom. The average Bonchev–Trinajstić information content (AvgIpc) is 3.02. The fraction of sp³-hybridized carbons (Fsp3) is 0.353. The lowest BCUT2D eigenvalue weighted by atomic mass is 10.1. The summed E-state index contributed by atoms with van der Waals surface area (Å²) in [5, 5.41) is 10.1. The molecule has 6 nitrogen and oxygen atoms in total. The normalized spacial score (nSPS) is 10.8. The molecule has 0 aliphatic rings. The van der Waals surface area contributed by atoms with Crippen molar-refractivity contribution in [3.05, 3.63) is 51.5 Å². The molecule has 136 valence electrons. The Labute approximate surface area is 169 Å². The number of thiazole rings is 1. The third-order valence-electron chi connectivity index (χ3n) is 3.28. The summed E-state index contributed by atoms with van der Waals surface area (Å²) in [7, 11) is 1.62. The number of nitrogens with one attached hydrogen (secondary N) is 3. The predicted molar refractivity (Wildman–Crippen MR) is 114 cm³/mol. The molecular weight excluding hydrogens is 449 g/mol. The van der Waals surface area contributed by atoms with Crippen LogP contribution in [0.1, 0.15) is 32.7 Å². The summed E-state index contributed by atoms with van der Waals surface area (Å²) >= 11 is 1.67. The van der Waals surface area contributed by atoms with Gasteiger partial charge in [-0.2, -0.15) is 0 Å². The van der Waals surface area contributed by atoms with Gasteiger partial charge in [0, 0.05) is 30.2 Å². The number of aryl methyl sites for hydroxylation is 1. The Morgan fingerprint density at radius 2 is 1.96 bits per heavy atom. The van der Waals surface area contributed by atoms with Crippen molar-refractivity contribution in [1.29, 1.82) is 0 Å². The molecule has 0 saturated carbocycles. The minimum atomic E-state index is -0.0844. The molecule has 0 unspecified atom stereocenters. The number of aliphatic imine (C=N–C) groups is 1. The second-order valence-corrected chi connectivity index (χ2v) is 6.51. The highest BCUT2D eigenvalue weighted by atomic mass is 127. The van der Waals surface area contributed by atoms with Crippen molar-refractivity contribution < 1.29 is 4.79 Å². The largest absolute Gasteiger partial charge is 0.357 e. The Kier molecular flexibility index (Phi) is 9.43. The molecule has 1 aromatic heterocycles. The maximum Gasteiger partial charge on any atom is 0.251 e. The van der Waals surface area contributed by atoms with Crippen LogP contribution in [0.5, 0.6) is 0 Å². The van der Waals surface area contributed by atoms with Crippen molar-refractivity contribution in [3.63, 3.8) is 0 Å². The fourth-order valence-corrected chi connectivity index (χ4v) is 2.79. The van der Waals surface area contributed by atoms with E-state index in [1.54, 1.807) is 18.4 Å². The molecule has 1 amide bonds. The third kappa shape index (κ3) is 6.99. The van der Waals surface area contributed by atoms with Crippen LogP contribution >= 0.6 is 35.3 Å². The maximum atomic E-state index is 11.5. The fourth-order valence-electron chi connectivity index (χ4n) is 2.06. The second kappa shape index (κ2) is 11.0. The van der Waals surface area contributed by atoms with E-state index in [2.05, 4.69) is 25.9 Å². The SMILES string of the molecule is CCNC(=NCc1ccc(C(=O)NC)cc1)NCc1ncc(C)s1.I. The van der Waals surface area contributed by atoms with Gasteiger partial charge in [0.05, 0.1) is 13.1 Å². The number of aromatic nitrogens is 1. The highest BCUT2D eigenvalue weighted by Gasteiger charge is 2.04. The zero-order chi connectivity index (χ0) is 17.4. The summed E-state index contributed by atoms with van der Waals surface area (Å²) in [6.45, 7) is 6.06. The van der Waals surface area contributed by atoms with E-state index in [0.717, 1.165) is 23.1 Å². The lowest BCUT2D eigenvalue weighted by molar-refractivity contribution is 0.0963. The third-order valence-corrected chi connectivity index (χ3v) is 4.20. The van der Waals surface area contributed by atoms with Crippen LogP contribution in [0, 0.1) is 6.92 Å². The highest BCUT2D eigenvalue weighted by Crippen LogP contribution is 2.10. The summed E-state index contributed by atoms with van der Waals surface area (Å²) in [5.74, 6) is 0.666. The smallest absolute Gasteiger partial charge is 0.251 e. The van der Waals surface area contributed by atoms with E-state index in [1.165, 1.54) is 4.88 Å². The molecule has 1 heterocycles. The van der Waals surface area contributed by atoms with Crippen molar-refractivity contribution in [2.75, 3.05) is 13.6 Å². The van der Waals surface area contributed by atoms with Gasteiger partial charge < -0.3 is 16.0 Å². The lowest BCUT2D eigenvalue weighted by Crippen LogP contribution is -2.36. The summed E-state index contributed by atoms with van der Waals surface area (Å²) in [4.78, 5) is 21.6. The molecule has 0 spiro atoms. The highest BCUT2D eigenvalue weighted by molar-refractivity contribution is 14.0. The Balaban J connectivity index is 0.00000312. The van der Waals surface area contributed by atoms with Crippen molar-refractivity contribution in [2.45, 2.75) is 26.9 Å². The van der Waals surface area contributed by atoms with Crippen LogP contribution in [-0.4, -0.2) is 30.4 Å². The van der Waals surface area contributed by atoms with Crippen LogP contribution in [0.4, 0.5) is 0 Å². The number of nitrogens with zero attached hydrogens (tertiary/aromatic N) is 2. The maximum absolute atomic E-state index is 11.5. The molecular formula is C17H24IN5OS. The minimum absolute atomic E-state index is 0. The van der Waals surface area contributed by atoms with Crippen LogP contribution in [0.3, 0.4) is 0 Å². The first-order valence-corrected chi connectivity index (χ1v) is 8.68. The number of hydrogen-bond acceptors (Lipinski definition) is 4. The average molecular weight is 473 g/mol. The topological polar surface area (TPSA) is 78.4 Å². The number of guanidine groups is 1. The molecule has 0 fully saturated rings. The number of carbonyl (C=O) groups excluding carboxylic acids is 1. The van der Waals surface area contributed by atoms with E-state index in [9.17, 15) is 4.79 Å². The van der Waals surface area contributed by atoms with Crippen LogP contribution in [-0.2, 0) is 13.1 Å². The van der Waals surface area contributed by atoms with Gasteiger partial charge in [0.25, 0.3) is 5.91 Å². The van der Waals surface area contributed by atoms with Gasteiger partial charge in [-0.3, -0.25) is 4.79 Å². The first-order chi connectivity index (χ1) is 11.6. The van der Waals surface area contributed by atoms with Crippen molar-refractivity contribution in [3.8, 4) is 0 Å². The Bertz CT molecular complexity index is 699. The molecule has 0 aliphatic carbocycles. The second-order valence-electron chi connectivity index (χ2n) is 5.19.